The maximum Gasteiger partial charge on any atom is 0.251 e. The SMILES string of the molecule is CC(C)C[C@H](NC(=O)[C@H](C)NC(=O)c1ccc(CCN(C)CCCN(C)C)cc1)C(=O)N[C@@H]1CCCC[C@H]1c1cccc(Cl)c1. The Morgan fingerprint density at radius 3 is 2.27 bits per heavy atom. The van der Waals surface area contributed by atoms with Crippen LogP contribution in [0, 0.1) is 5.92 Å². The summed E-state index contributed by atoms with van der Waals surface area (Å²) < 4.78 is 0. The van der Waals surface area contributed by atoms with Gasteiger partial charge in [0.2, 0.25) is 11.8 Å². The molecule has 0 aromatic heterocycles. The predicted octanol–water partition coefficient (Wildman–Crippen LogP) is 5.26. The number of nitrogens with zero attached hydrogens (tertiary/aromatic N) is 2. The number of carbonyl (C=O) groups is 3. The number of amides is 3. The van der Waals surface area contributed by atoms with Gasteiger partial charge in [-0.3, -0.25) is 14.4 Å². The van der Waals surface area contributed by atoms with Gasteiger partial charge < -0.3 is 25.8 Å². The van der Waals surface area contributed by atoms with Crippen molar-refractivity contribution in [3.05, 3.63) is 70.2 Å². The third-order valence-electron chi connectivity index (χ3n) is 8.59. The number of carbonyl (C=O) groups excluding carboxylic acids is 3. The first-order valence-corrected chi connectivity index (χ1v) is 16.9. The third kappa shape index (κ3) is 12.4. The molecule has 2 aromatic rings. The van der Waals surface area contributed by atoms with Gasteiger partial charge in [-0.05, 0) is 115 Å². The molecule has 3 N–H and O–H groups in total. The Morgan fingerprint density at radius 2 is 1.60 bits per heavy atom. The summed E-state index contributed by atoms with van der Waals surface area (Å²) in [5.74, 6) is -0.518. The molecule has 3 rings (SSSR count). The maximum absolute atomic E-state index is 13.6. The number of hydrogen-bond acceptors (Lipinski definition) is 5. The molecule has 4 atom stereocenters. The molecule has 1 fully saturated rings. The summed E-state index contributed by atoms with van der Waals surface area (Å²) in [6.45, 7) is 8.77. The summed E-state index contributed by atoms with van der Waals surface area (Å²) in [6.07, 6.45) is 6.53. The van der Waals surface area contributed by atoms with Crippen LogP contribution in [0.15, 0.2) is 48.5 Å². The van der Waals surface area contributed by atoms with Crippen LogP contribution >= 0.6 is 11.6 Å². The van der Waals surface area contributed by atoms with Gasteiger partial charge in [-0.2, -0.15) is 0 Å². The van der Waals surface area contributed by atoms with E-state index < -0.39 is 12.1 Å². The molecule has 1 saturated carbocycles. The van der Waals surface area contributed by atoms with Crippen LogP contribution in [-0.2, 0) is 16.0 Å². The van der Waals surface area contributed by atoms with E-state index in [-0.39, 0.29) is 35.6 Å². The van der Waals surface area contributed by atoms with Crippen LogP contribution in [0.5, 0.6) is 0 Å². The first kappa shape index (κ1) is 36.5. The van der Waals surface area contributed by atoms with E-state index in [9.17, 15) is 14.4 Å². The summed E-state index contributed by atoms with van der Waals surface area (Å²) in [5, 5.41) is 9.66. The van der Waals surface area contributed by atoms with E-state index in [0.717, 1.165) is 69.3 Å². The fraction of sp³-hybridized carbons (Fsp3) is 0.583. The minimum atomic E-state index is -0.802. The van der Waals surface area contributed by atoms with Crippen molar-refractivity contribution in [3.8, 4) is 0 Å². The van der Waals surface area contributed by atoms with E-state index in [4.69, 9.17) is 11.6 Å². The highest BCUT2D eigenvalue weighted by Crippen LogP contribution is 2.34. The molecule has 0 saturated heterocycles. The molecule has 1 aliphatic carbocycles. The first-order chi connectivity index (χ1) is 21.4. The quantitative estimate of drug-likeness (QED) is 0.233. The van der Waals surface area contributed by atoms with E-state index >= 15 is 0 Å². The Bertz CT molecular complexity index is 1240. The highest BCUT2D eigenvalue weighted by Gasteiger charge is 2.32. The van der Waals surface area contributed by atoms with Crippen LogP contribution in [0.25, 0.3) is 0 Å². The van der Waals surface area contributed by atoms with Crippen LogP contribution in [0.1, 0.15) is 86.7 Å². The largest absolute Gasteiger partial charge is 0.351 e. The monoisotopic (exact) mass is 639 g/mol. The summed E-state index contributed by atoms with van der Waals surface area (Å²) in [7, 11) is 6.31. The maximum atomic E-state index is 13.6. The van der Waals surface area contributed by atoms with Crippen molar-refractivity contribution in [1.29, 1.82) is 0 Å². The fourth-order valence-corrected chi connectivity index (χ4v) is 6.18. The summed E-state index contributed by atoms with van der Waals surface area (Å²) in [5.41, 5.74) is 2.79. The second-order valence-corrected chi connectivity index (χ2v) is 13.8. The smallest absolute Gasteiger partial charge is 0.251 e. The normalized spacial score (nSPS) is 18.1. The van der Waals surface area contributed by atoms with Crippen molar-refractivity contribution in [2.45, 2.75) is 89.8 Å². The number of halogens is 1. The molecule has 0 heterocycles. The molecule has 0 unspecified atom stereocenters. The summed E-state index contributed by atoms with van der Waals surface area (Å²) >= 11 is 6.27. The first-order valence-electron chi connectivity index (χ1n) is 16.5. The average Bonchev–Trinajstić information content (AvgIpc) is 2.99. The van der Waals surface area contributed by atoms with Crippen molar-refractivity contribution in [2.75, 3.05) is 40.8 Å². The van der Waals surface area contributed by atoms with E-state index in [1.165, 1.54) is 0 Å². The highest BCUT2D eigenvalue weighted by molar-refractivity contribution is 6.30. The van der Waals surface area contributed by atoms with E-state index in [0.29, 0.717) is 17.0 Å². The van der Waals surface area contributed by atoms with Crippen LogP contribution in [-0.4, -0.2) is 86.4 Å². The number of benzene rings is 2. The van der Waals surface area contributed by atoms with Crippen LogP contribution < -0.4 is 16.0 Å². The molecule has 0 radical (unpaired) electrons. The summed E-state index contributed by atoms with van der Waals surface area (Å²) in [6, 6.07) is 13.9. The molecule has 9 heteroatoms. The molecule has 8 nitrogen and oxygen atoms in total. The van der Waals surface area contributed by atoms with Gasteiger partial charge in [-0.1, -0.05) is 62.6 Å². The Balaban J connectivity index is 1.54. The van der Waals surface area contributed by atoms with Gasteiger partial charge in [-0.25, -0.2) is 0 Å². The number of nitrogens with one attached hydrogen (secondary N) is 3. The number of likely N-dealkylation sites (N-methyl/N-ethyl adjacent to an activating group) is 1. The molecule has 3 amide bonds. The molecule has 0 spiro atoms. The molecular weight excluding hydrogens is 586 g/mol. The lowest BCUT2D eigenvalue weighted by molar-refractivity contribution is -0.130. The zero-order chi connectivity index (χ0) is 32.9. The van der Waals surface area contributed by atoms with Crippen molar-refractivity contribution in [1.82, 2.24) is 25.8 Å². The van der Waals surface area contributed by atoms with Gasteiger partial charge in [0.1, 0.15) is 12.1 Å². The van der Waals surface area contributed by atoms with Gasteiger partial charge in [0.25, 0.3) is 5.91 Å². The second kappa shape index (κ2) is 18.3. The Morgan fingerprint density at radius 1 is 0.889 bits per heavy atom. The standard InChI is InChI=1S/C36H54ClN5O3/c1-25(2)23-33(36(45)39-32-14-8-7-13-31(32)29-11-9-12-30(37)24-29)40-34(43)26(3)38-35(44)28-17-15-27(16-18-28)19-22-42(6)21-10-20-41(4)5/h9,11-12,15-18,24-26,31-33H,7-8,10,13-14,19-23H2,1-6H3,(H,38,44)(H,39,45)(H,40,43)/t26-,31-,32+,33-/m0/s1. The van der Waals surface area contributed by atoms with Gasteiger partial charge in [0.05, 0.1) is 0 Å². The van der Waals surface area contributed by atoms with Gasteiger partial charge in [-0.15, -0.1) is 0 Å². The van der Waals surface area contributed by atoms with Crippen molar-refractivity contribution in [2.24, 2.45) is 5.92 Å². The molecule has 1 aliphatic rings. The van der Waals surface area contributed by atoms with Crippen LogP contribution in [0.2, 0.25) is 5.02 Å². The highest BCUT2D eigenvalue weighted by atomic mass is 35.5. The predicted molar refractivity (Wildman–Crippen MR) is 184 cm³/mol. The number of hydrogen-bond donors (Lipinski definition) is 3. The van der Waals surface area contributed by atoms with Crippen molar-refractivity contribution in [3.63, 3.8) is 0 Å². The lowest BCUT2D eigenvalue weighted by Crippen LogP contribution is -2.55. The third-order valence-corrected chi connectivity index (χ3v) is 8.83. The van der Waals surface area contributed by atoms with Gasteiger partial charge in [0, 0.05) is 29.1 Å². The Hall–Kier alpha value is -2.94. The van der Waals surface area contributed by atoms with E-state index in [1.807, 2.05) is 44.2 Å². The Kier molecular flexibility index (Phi) is 14.8. The molecule has 45 heavy (non-hydrogen) atoms. The minimum Gasteiger partial charge on any atom is -0.351 e. The number of rotatable bonds is 16. The molecular formula is C36H54ClN5O3. The van der Waals surface area contributed by atoms with Gasteiger partial charge in [0.15, 0.2) is 0 Å². The molecule has 0 aliphatic heterocycles. The average molecular weight is 640 g/mol. The minimum absolute atomic E-state index is 0.0279. The van der Waals surface area contributed by atoms with Crippen LogP contribution in [0.3, 0.4) is 0 Å². The van der Waals surface area contributed by atoms with Crippen molar-refractivity contribution < 1.29 is 14.4 Å². The van der Waals surface area contributed by atoms with Gasteiger partial charge >= 0.3 is 0 Å². The zero-order valence-electron chi connectivity index (χ0n) is 28.1. The van der Waals surface area contributed by atoms with Crippen molar-refractivity contribution >= 4 is 29.3 Å². The topological polar surface area (TPSA) is 93.8 Å². The molecule has 0 bridgehead atoms. The summed E-state index contributed by atoms with van der Waals surface area (Å²) in [4.78, 5) is 44.3. The fourth-order valence-electron chi connectivity index (χ4n) is 5.98. The molecule has 248 valence electrons. The molecule has 2 aromatic carbocycles. The van der Waals surface area contributed by atoms with Crippen LogP contribution in [0.4, 0.5) is 0 Å². The second-order valence-electron chi connectivity index (χ2n) is 13.4. The Labute approximate surface area is 275 Å². The lowest BCUT2D eigenvalue weighted by Gasteiger charge is -2.34. The lowest BCUT2D eigenvalue weighted by atomic mass is 9.80. The van der Waals surface area contributed by atoms with E-state index in [1.54, 1.807) is 19.1 Å². The zero-order valence-corrected chi connectivity index (χ0v) is 28.8. The van der Waals surface area contributed by atoms with E-state index in [2.05, 4.69) is 53.0 Å².